The second-order valence-electron chi connectivity index (χ2n) is 2.16. The summed E-state index contributed by atoms with van der Waals surface area (Å²) >= 11 is 1.46. The third-order valence-electron chi connectivity index (χ3n) is 1.31. The molecular weight excluding hydrogens is 162 g/mol. The summed E-state index contributed by atoms with van der Waals surface area (Å²) in [6.07, 6.45) is 0.845. The fourth-order valence-corrected chi connectivity index (χ4v) is 1.51. The van der Waals surface area contributed by atoms with Gasteiger partial charge in [0, 0.05) is 11.5 Å². The molecule has 0 aliphatic heterocycles. The lowest BCUT2D eigenvalue weighted by molar-refractivity contribution is -0.118. The van der Waals surface area contributed by atoms with Gasteiger partial charge in [0.05, 0.1) is 6.04 Å². The quantitative estimate of drug-likeness (QED) is 0.459. The Bertz CT molecular complexity index is 138. The van der Waals surface area contributed by atoms with E-state index in [-0.39, 0.29) is 11.8 Å². The molecule has 0 bridgehead atoms. The van der Waals surface area contributed by atoms with Crippen LogP contribution in [0.4, 0.5) is 0 Å². The van der Waals surface area contributed by atoms with Gasteiger partial charge in [-0.25, -0.2) is 0 Å². The number of Topliss-reactive ketones (excluding diaryl/α,β-unsaturated/α-hetero) is 1. The number of rotatable bonds is 6. The lowest BCUT2D eigenvalue weighted by atomic mass is 10.2. The minimum Gasteiger partial charge on any atom is -0.310 e. The summed E-state index contributed by atoms with van der Waals surface area (Å²) < 4.78 is 0. The molecule has 4 heteroatoms. The molecule has 0 heterocycles. The molecule has 1 atom stereocenters. The number of carbonyl (C=O) groups is 2. The number of likely N-dealkylation sites (N-methyl/N-ethyl adjacent to an activating group) is 1. The molecule has 0 saturated heterocycles. The first-order valence-corrected chi connectivity index (χ1v) is 4.57. The van der Waals surface area contributed by atoms with Crippen LogP contribution in [0.3, 0.4) is 0 Å². The van der Waals surface area contributed by atoms with E-state index < -0.39 is 0 Å². The van der Waals surface area contributed by atoms with Crippen molar-refractivity contribution >= 4 is 23.8 Å². The normalized spacial score (nSPS) is 12.5. The molecule has 1 N–H and O–H groups in total. The number of hydrogen-bond donors (Lipinski definition) is 1. The Kier molecular flexibility index (Phi) is 6.16. The van der Waals surface area contributed by atoms with Gasteiger partial charge < -0.3 is 10.1 Å². The number of aldehydes is 1. The van der Waals surface area contributed by atoms with Crippen molar-refractivity contribution in [1.29, 1.82) is 0 Å². The minimum atomic E-state index is -0.111. The molecule has 0 aliphatic carbocycles. The summed E-state index contributed by atoms with van der Waals surface area (Å²) in [5, 5.41) is 2.87. The van der Waals surface area contributed by atoms with Crippen molar-refractivity contribution < 1.29 is 9.59 Å². The molecule has 0 aromatic heterocycles. The molecule has 0 spiro atoms. The summed E-state index contributed by atoms with van der Waals surface area (Å²) in [5.41, 5.74) is 0. The summed E-state index contributed by atoms with van der Waals surface area (Å²) in [5.74, 6) is 1.25. The maximum absolute atomic E-state index is 10.8. The van der Waals surface area contributed by atoms with E-state index in [1.54, 1.807) is 14.0 Å². The van der Waals surface area contributed by atoms with Crippen LogP contribution in [0.5, 0.6) is 0 Å². The van der Waals surface area contributed by atoms with Gasteiger partial charge in [-0.05, 0) is 14.0 Å². The lowest BCUT2D eigenvalue weighted by Gasteiger charge is -2.10. The zero-order valence-electron chi connectivity index (χ0n) is 6.79. The topological polar surface area (TPSA) is 46.2 Å². The van der Waals surface area contributed by atoms with Crippen LogP contribution >= 0.6 is 11.8 Å². The van der Waals surface area contributed by atoms with Crippen LogP contribution in [0.25, 0.3) is 0 Å². The molecule has 0 amide bonds. The van der Waals surface area contributed by atoms with E-state index in [0.29, 0.717) is 11.5 Å². The standard InChI is InChI=1S/C7H13NO2S/c1-6(10)7(8-2)5-11-4-3-9/h3,7-8H,4-5H2,1-2H3. The van der Waals surface area contributed by atoms with Gasteiger partial charge in [-0.2, -0.15) is 11.8 Å². The first-order valence-electron chi connectivity index (χ1n) is 3.41. The molecule has 64 valence electrons. The molecule has 0 aromatic rings. The number of nitrogens with one attached hydrogen (secondary N) is 1. The number of ketones is 1. The smallest absolute Gasteiger partial charge is 0.147 e. The van der Waals surface area contributed by atoms with Crippen LogP contribution in [-0.2, 0) is 9.59 Å². The zero-order valence-corrected chi connectivity index (χ0v) is 7.61. The Balaban J connectivity index is 3.52. The predicted molar refractivity (Wildman–Crippen MR) is 46.9 cm³/mol. The van der Waals surface area contributed by atoms with Crippen LogP contribution in [-0.4, -0.2) is 36.7 Å². The second-order valence-corrected chi connectivity index (χ2v) is 3.23. The maximum atomic E-state index is 10.8. The molecule has 1 unspecified atom stereocenters. The van der Waals surface area contributed by atoms with E-state index >= 15 is 0 Å². The Morgan fingerprint density at radius 2 is 2.36 bits per heavy atom. The van der Waals surface area contributed by atoms with Gasteiger partial charge in [0.2, 0.25) is 0 Å². The predicted octanol–water partition coefficient (Wildman–Crippen LogP) is 0.0955. The van der Waals surface area contributed by atoms with Gasteiger partial charge in [0.25, 0.3) is 0 Å². The molecule has 0 aromatic carbocycles. The van der Waals surface area contributed by atoms with Gasteiger partial charge in [-0.1, -0.05) is 0 Å². The van der Waals surface area contributed by atoms with Crippen molar-refractivity contribution in [3.63, 3.8) is 0 Å². The highest BCUT2D eigenvalue weighted by Gasteiger charge is 2.09. The highest BCUT2D eigenvalue weighted by Crippen LogP contribution is 2.01. The molecule has 3 nitrogen and oxygen atoms in total. The molecule has 0 saturated carbocycles. The Labute approximate surface area is 70.9 Å². The third-order valence-corrected chi connectivity index (χ3v) is 2.25. The molecule has 0 aliphatic rings. The number of carbonyl (C=O) groups excluding carboxylic acids is 2. The molecule has 0 rings (SSSR count). The van der Waals surface area contributed by atoms with Gasteiger partial charge in [0.1, 0.15) is 12.1 Å². The first kappa shape index (κ1) is 10.7. The monoisotopic (exact) mass is 175 g/mol. The van der Waals surface area contributed by atoms with Crippen molar-refractivity contribution in [3.8, 4) is 0 Å². The van der Waals surface area contributed by atoms with Crippen molar-refractivity contribution in [3.05, 3.63) is 0 Å². The summed E-state index contributed by atoms with van der Waals surface area (Å²) in [4.78, 5) is 20.7. The zero-order chi connectivity index (χ0) is 8.69. The SMILES string of the molecule is CNC(CSCC=O)C(C)=O. The summed E-state index contributed by atoms with van der Waals surface area (Å²) in [6, 6.07) is -0.111. The van der Waals surface area contributed by atoms with E-state index in [4.69, 9.17) is 0 Å². The Hall–Kier alpha value is -0.350. The molecule has 11 heavy (non-hydrogen) atoms. The van der Waals surface area contributed by atoms with Gasteiger partial charge in [0.15, 0.2) is 0 Å². The van der Waals surface area contributed by atoms with E-state index in [1.165, 1.54) is 11.8 Å². The van der Waals surface area contributed by atoms with Crippen LogP contribution in [0.2, 0.25) is 0 Å². The van der Waals surface area contributed by atoms with Gasteiger partial charge >= 0.3 is 0 Å². The fourth-order valence-electron chi connectivity index (χ4n) is 0.638. The second kappa shape index (κ2) is 6.37. The largest absolute Gasteiger partial charge is 0.310 e. The van der Waals surface area contributed by atoms with Gasteiger partial charge in [-0.15, -0.1) is 0 Å². The van der Waals surface area contributed by atoms with Crippen LogP contribution in [0.1, 0.15) is 6.92 Å². The Morgan fingerprint density at radius 3 is 2.73 bits per heavy atom. The van der Waals surface area contributed by atoms with E-state index in [1.807, 2.05) is 0 Å². The van der Waals surface area contributed by atoms with E-state index in [9.17, 15) is 9.59 Å². The van der Waals surface area contributed by atoms with Crippen molar-refractivity contribution in [1.82, 2.24) is 5.32 Å². The van der Waals surface area contributed by atoms with Crippen molar-refractivity contribution in [2.75, 3.05) is 18.6 Å². The number of thioether (sulfide) groups is 1. The van der Waals surface area contributed by atoms with E-state index in [0.717, 1.165) is 6.29 Å². The molecule has 0 fully saturated rings. The summed E-state index contributed by atoms with van der Waals surface area (Å²) in [6.45, 7) is 1.54. The average Bonchev–Trinajstić information content (AvgIpc) is 1.97. The molecular formula is C7H13NO2S. The van der Waals surface area contributed by atoms with Crippen molar-refractivity contribution in [2.45, 2.75) is 13.0 Å². The van der Waals surface area contributed by atoms with Crippen LogP contribution in [0, 0.1) is 0 Å². The number of hydrogen-bond acceptors (Lipinski definition) is 4. The third kappa shape index (κ3) is 4.98. The Morgan fingerprint density at radius 1 is 1.73 bits per heavy atom. The highest BCUT2D eigenvalue weighted by atomic mass is 32.2. The van der Waals surface area contributed by atoms with Crippen molar-refractivity contribution in [2.24, 2.45) is 0 Å². The van der Waals surface area contributed by atoms with E-state index in [2.05, 4.69) is 5.32 Å². The maximum Gasteiger partial charge on any atom is 0.147 e. The molecule has 0 radical (unpaired) electrons. The summed E-state index contributed by atoms with van der Waals surface area (Å²) in [7, 11) is 1.74. The lowest BCUT2D eigenvalue weighted by Crippen LogP contribution is -2.34. The minimum absolute atomic E-state index is 0.111. The fraction of sp³-hybridized carbons (Fsp3) is 0.714. The van der Waals surface area contributed by atoms with Gasteiger partial charge in [-0.3, -0.25) is 4.79 Å². The van der Waals surface area contributed by atoms with Crippen LogP contribution in [0.15, 0.2) is 0 Å². The first-order chi connectivity index (χ1) is 5.22. The van der Waals surface area contributed by atoms with Crippen LogP contribution < -0.4 is 5.32 Å². The average molecular weight is 175 g/mol. The highest BCUT2D eigenvalue weighted by molar-refractivity contribution is 7.99.